The second-order valence-electron chi connectivity index (χ2n) is 8.92. The number of ether oxygens (including phenoxy) is 1. The number of rotatable bonds is 2. The highest BCUT2D eigenvalue weighted by atomic mass is 16.5. The molecule has 0 radical (unpaired) electrons. The first kappa shape index (κ1) is 17.4. The zero-order valence-corrected chi connectivity index (χ0v) is 15.9. The second-order valence-corrected chi connectivity index (χ2v) is 8.92. The molecule has 0 bridgehead atoms. The molecule has 3 aliphatic rings. The Hall–Kier alpha value is -1.38. The van der Waals surface area contributed by atoms with Crippen molar-refractivity contribution in [1.29, 1.82) is 0 Å². The van der Waals surface area contributed by atoms with Gasteiger partial charge in [0.1, 0.15) is 0 Å². The van der Waals surface area contributed by atoms with E-state index in [4.69, 9.17) is 4.74 Å². The predicted octanol–water partition coefficient (Wildman–Crippen LogP) is 4.47. The minimum Gasteiger partial charge on any atom is -0.493 e. The number of methoxy groups -OCH3 is 1. The molecule has 3 atom stereocenters. The molecule has 132 valence electrons. The number of hydrogen-bond acceptors (Lipinski definition) is 3. The van der Waals surface area contributed by atoms with Gasteiger partial charge in [-0.25, -0.2) is 0 Å². The van der Waals surface area contributed by atoms with E-state index in [-0.39, 0.29) is 40.2 Å². The molecule has 0 N–H and O–H groups in total. The maximum atomic E-state index is 13.5. The predicted molar refractivity (Wildman–Crippen MR) is 94.3 cm³/mol. The molecule has 0 aromatic heterocycles. The maximum Gasteiger partial charge on any atom is 0.201 e. The molecule has 0 aromatic carbocycles. The number of hydrogen-bond donors (Lipinski definition) is 0. The summed E-state index contributed by atoms with van der Waals surface area (Å²) in [5, 5.41) is 0. The van der Waals surface area contributed by atoms with Gasteiger partial charge >= 0.3 is 0 Å². The number of ketones is 2. The lowest BCUT2D eigenvalue weighted by atomic mass is 9.48. The number of carbonyl (C=O) groups excluding carboxylic acids is 2. The van der Waals surface area contributed by atoms with Gasteiger partial charge in [0, 0.05) is 17.4 Å². The monoisotopic (exact) mass is 330 g/mol. The molecule has 0 saturated heterocycles. The molecule has 1 saturated carbocycles. The summed E-state index contributed by atoms with van der Waals surface area (Å²) in [6, 6.07) is 0. The Balaban J connectivity index is 2.16. The second kappa shape index (κ2) is 5.57. The van der Waals surface area contributed by atoms with E-state index in [0.717, 1.165) is 19.3 Å². The van der Waals surface area contributed by atoms with Crippen LogP contribution in [0, 0.1) is 28.6 Å². The summed E-state index contributed by atoms with van der Waals surface area (Å²) in [5.74, 6) is 0.0279. The van der Waals surface area contributed by atoms with Crippen molar-refractivity contribution in [2.24, 2.45) is 28.6 Å². The van der Waals surface area contributed by atoms with E-state index >= 15 is 0 Å². The van der Waals surface area contributed by atoms with Crippen LogP contribution in [0.4, 0.5) is 0 Å². The van der Waals surface area contributed by atoms with Crippen LogP contribution < -0.4 is 0 Å². The molecular weight excluding hydrogens is 300 g/mol. The SMILES string of the molecule is COC1=C(C(C)C)C(=O)[C@@H]2[C@@H](CC=C3C(C)(C)CCC[C@@]32C)C1=O. The molecule has 3 aliphatic carbocycles. The molecule has 24 heavy (non-hydrogen) atoms. The standard InChI is InChI=1S/C21H30O3/c1-12(2)15-18(23)16-13(17(22)19(15)24-6)8-9-14-20(3,4)10-7-11-21(14,16)5/h9,12-13,16H,7-8,10-11H2,1-6H3/t13-,16+,21+/m1/s1. The van der Waals surface area contributed by atoms with Crippen molar-refractivity contribution in [2.45, 2.75) is 60.3 Å². The molecule has 3 heteroatoms. The molecule has 0 heterocycles. The molecule has 0 aromatic rings. The van der Waals surface area contributed by atoms with Gasteiger partial charge in [-0.15, -0.1) is 0 Å². The maximum absolute atomic E-state index is 13.5. The molecule has 3 nitrogen and oxygen atoms in total. The van der Waals surface area contributed by atoms with Crippen LogP contribution >= 0.6 is 0 Å². The van der Waals surface area contributed by atoms with Crippen LogP contribution in [0.5, 0.6) is 0 Å². The Morgan fingerprint density at radius 2 is 1.79 bits per heavy atom. The highest BCUT2D eigenvalue weighted by molar-refractivity contribution is 6.13. The van der Waals surface area contributed by atoms with E-state index < -0.39 is 0 Å². The fraction of sp³-hybridized carbons (Fsp3) is 0.714. The van der Waals surface area contributed by atoms with E-state index in [1.54, 1.807) is 0 Å². The van der Waals surface area contributed by atoms with Gasteiger partial charge in [0.2, 0.25) is 5.78 Å². The van der Waals surface area contributed by atoms with Crippen molar-refractivity contribution in [2.75, 3.05) is 7.11 Å². The molecule has 0 unspecified atom stereocenters. The van der Waals surface area contributed by atoms with Gasteiger partial charge < -0.3 is 4.74 Å². The largest absolute Gasteiger partial charge is 0.493 e. The van der Waals surface area contributed by atoms with Gasteiger partial charge in [0.05, 0.1) is 7.11 Å². The third-order valence-corrected chi connectivity index (χ3v) is 6.64. The number of allylic oxidation sites excluding steroid dienone is 4. The summed E-state index contributed by atoms with van der Waals surface area (Å²) >= 11 is 0. The van der Waals surface area contributed by atoms with Gasteiger partial charge in [-0.1, -0.05) is 52.7 Å². The summed E-state index contributed by atoms with van der Waals surface area (Å²) in [5.41, 5.74) is 1.92. The normalized spacial score (nSPS) is 35.5. The van der Waals surface area contributed by atoms with Crippen molar-refractivity contribution in [3.05, 3.63) is 23.0 Å². The quantitative estimate of drug-likeness (QED) is 0.701. The zero-order chi connectivity index (χ0) is 17.9. The van der Waals surface area contributed by atoms with Gasteiger partial charge in [-0.05, 0) is 36.0 Å². The summed E-state index contributed by atoms with van der Waals surface area (Å²) in [4.78, 5) is 26.5. The first-order chi connectivity index (χ1) is 11.1. The summed E-state index contributed by atoms with van der Waals surface area (Å²) < 4.78 is 5.40. The Morgan fingerprint density at radius 3 is 2.38 bits per heavy atom. The van der Waals surface area contributed by atoms with E-state index in [1.165, 1.54) is 12.7 Å². The third kappa shape index (κ3) is 2.23. The summed E-state index contributed by atoms with van der Waals surface area (Å²) in [7, 11) is 1.51. The van der Waals surface area contributed by atoms with Crippen molar-refractivity contribution < 1.29 is 14.3 Å². The first-order valence-electron chi connectivity index (χ1n) is 9.23. The van der Waals surface area contributed by atoms with Gasteiger partial charge in [-0.2, -0.15) is 0 Å². The van der Waals surface area contributed by atoms with E-state index in [2.05, 4.69) is 26.8 Å². The average molecular weight is 330 g/mol. The lowest BCUT2D eigenvalue weighted by molar-refractivity contribution is -0.139. The molecule has 1 fully saturated rings. The summed E-state index contributed by atoms with van der Waals surface area (Å²) in [6.45, 7) is 10.7. The molecule has 3 rings (SSSR count). The Labute approximate surface area is 145 Å². The Morgan fingerprint density at radius 1 is 1.12 bits per heavy atom. The van der Waals surface area contributed by atoms with E-state index in [9.17, 15) is 9.59 Å². The number of carbonyl (C=O) groups is 2. The van der Waals surface area contributed by atoms with Crippen molar-refractivity contribution >= 4 is 11.6 Å². The van der Waals surface area contributed by atoms with Gasteiger partial charge in [-0.3, -0.25) is 9.59 Å². The van der Waals surface area contributed by atoms with E-state index in [1.807, 2.05) is 13.8 Å². The molecule has 0 amide bonds. The smallest absolute Gasteiger partial charge is 0.201 e. The van der Waals surface area contributed by atoms with Crippen LogP contribution in [0.25, 0.3) is 0 Å². The van der Waals surface area contributed by atoms with Gasteiger partial charge in [0.25, 0.3) is 0 Å². The minimum absolute atomic E-state index is 0.00640. The van der Waals surface area contributed by atoms with Crippen molar-refractivity contribution in [3.63, 3.8) is 0 Å². The Bertz CT molecular complexity index is 650. The van der Waals surface area contributed by atoms with Crippen LogP contribution in [0.3, 0.4) is 0 Å². The third-order valence-electron chi connectivity index (χ3n) is 6.64. The van der Waals surface area contributed by atoms with E-state index in [0.29, 0.717) is 17.8 Å². The highest BCUT2D eigenvalue weighted by Crippen LogP contribution is 2.60. The van der Waals surface area contributed by atoms with Crippen LogP contribution in [-0.2, 0) is 14.3 Å². The average Bonchev–Trinajstić information content (AvgIpc) is 2.48. The fourth-order valence-electron chi connectivity index (χ4n) is 5.67. The highest BCUT2D eigenvalue weighted by Gasteiger charge is 2.58. The van der Waals surface area contributed by atoms with Crippen LogP contribution in [0.15, 0.2) is 23.0 Å². The Kier molecular flexibility index (Phi) is 4.05. The fourth-order valence-corrected chi connectivity index (χ4v) is 5.67. The summed E-state index contributed by atoms with van der Waals surface area (Å²) in [6.07, 6.45) is 6.20. The van der Waals surface area contributed by atoms with Gasteiger partial charge in [0.15, 0.2) is 11.5 Å². The van der Waals surface area contributed by atoms with Crippen LogP contribution in [0.2, 0.25) is 0 Å². The molecule has 0 spiro atoms. The van der Waals surface area contributed by atoms with Crippen LogP contribution in [-0.4, -0.2) is 18.7 Å². The number of Topliss-reactive ketones (excluding diaryl/α,β-unsaturated/α-hetero) is 2. The molecule has 0 aliphatic heterocycles. The van der Waals surface area contributed by atoms with Crippen molar-refractivity contribution in [3.8, 4) is 0 Å². The van der Waals surface area contributed by atoms with Crippen LogP contribution in [0.1, 0.15) is 60.3 Å². The molecular formula is C21H30O3. The topological polar surface area (TPSA) is 43.4 Å². The minimum atomic E-state index is -0.252. The lowest BCUT2D eigenvalue weighted by Gasteiger charge is -2.54. The number of fused-ring (bicyclic) bond motifs is 3. The zero-order valence-electron chi connectivity index (χ0n) is 15.9. The van der Waals surface area contributed by atoms with Crippen molar-refractivity contribution in [1.82, 2.24) is 0 Å². The lowest BCUT2D eigenvalue weighted by Crippen LogP contribution is -2.53. The first-order valence-corrected chi connectivity index (χ1v) is 9.23.